The molecule has 6 atom stereocenters. The average molecular weight is 933 g/mol. The van der Waals surface area contributed by atoms with Crippen molar-refractivity contribution in [2.75, 3.05) is 19.8 Å². The quantitative estimate of drug-likeness (QED) is 0.0350. The van der Waals surface area contributed by atoms with Crippen LogP contribution in [-0.4, -0.2) is 68.9 Å². The molecule has 1 saturated carbocycles. The van der Waals surface area contributed by atoms with Gasteiger partial charge in [-0.1, -0.05) is 78.7 Å². The molecule has 2 N–H and O–H groups in total. The number of oxime groups is 1. The lowest BCUT2D eigenvalue weighted by Gasteiger charge is -2.60. The van der Waals surface area contributed by atoms with Crippen molar-refractivity contribution in [2.45, 2.75) is 95.6 Å². The third-order valence-corrected chi connectivity index (χ3v) is 13.5. The summed E-state index contributed by atoms with van der Waals surface area (Å²) < 4.78 is 21.1. The fourth-order valence-electron chi connectivity index (χ4n) is 10.5. The first-order valence-corrected chi connectivity index (χ1v) is 23.8. The van der Waals surface area contributed by atoms with Gasteiger partial charge in [-0.3, -0.25) is 14.9 Å². The zero-order valence-corrected chi connectivity index (χ0v) is 39.5. The monoisotopic (exact) mass is 932 g/mol. The Morgan fingerprint density at radius 2 is 1.68 bits per heavy atom. The van der Waals surface area contributed by atoms with Gasteiger partial charge < -0.3 is 34.2 Å². The summed E-state index contributed by atoms with van der Waals surface area (Å²) in [4.78, 5) is 35.1. The van der Waals surface area contributed by atoms with Gasteiger partial charge in [0.2, 0.25) is 5.79 Å². The standard InChI is InChI=1S/C56H60N4O9/c1-5-30-66-56-51(59(54(63)39-24-22-37(35-57)23-25-39)36-41-17-12-16-38-14-6-7-20-45(38)41)34-49(58-69-55(2,3)4)47-31-40(15-8-10-28-61)46(21-9-11-29-62)52(53(47)56)48-33-44(26-27-50(48)68-56)67-43-19-13-18-42(32-43)60(64)65/h5-7,12-14,16-20,22-27,31-33,40,46,51-53,61-62H,1,8-11,15,21,28-30,34,36H2,2-4H3/t40-,46+,51-,52+,53+,56+/m0/s1. The molecule has 2 aliphatic carbocycles. The Kier molecular flexibility index (Phi) is 14.9. The molecule has 5 aromatic rings. The van der Waals surface area contributed by atoms with Gasteiger partial charge >= 0.3 is 0 Å². The van der Waals surface area contributed by atoms with Gasteiger partial charge in [0.25, 0.3) is 11.6 Å². The van der Waals surface area contributed by atoms with E-state index in [1.54, 1.807) is 48.5 Å². The van der Waals surface area contributed by atoms with E-state index in [2.05, 4.69) is 24.8 Å². The van der Waals surface area contributed by atoms with Crippen LogP contribution in [0.1, 0.15) is 98.7 Å². The zero-order chi connectivity index (χ0) is 48.7. The predicted molar refractivity (Wildman–Crippen MR) is 264 cm³/mol. The van der Waals surface area contributed by atoms with E-state index in [0.717, 1.165) is 53.2 Å². The summed E-state index contributed by atoms with van der Waals surface area (Å²) in [5.41, 5.74) is 3.30. The number of aliphatic hydroxyl groups is 2. The SMILES string of the molecule is C=CCO[C@@]12Oc3ccc(Oc4cccc([N+](=O)[O-])c4)cc3[C@H]3[C@H](CCCCO)[C@@H](CCCCO)C=C(C(=NOC(C)(C)C)C[C@@H]1N(Cc1cccc4ccccc14)C(=O)c1ccc(C#N)cc1)[C@H]32. The molecule has 0 spiro atoms. The number of benzene rings is 5. The minimum atomic E-state index is -1.56. The first-order chi connectivity index (χ1) is 33.4. The number of nitro benzene ring substituents is 1. The van der Waals surface area contributed by atoms with Crippen LogP contribution < -0.4 is 9.47 Å². The van der Waals surface area contributed by atoms with Crippen molar-refractivity contribution >= 4 is 28.1 Å². The topological polar surface area (TPSA) is 177 Å². The lowest BCUT2D eigenvalue weighted by molar-refractivity contribution is -0.384. The first-order valence-electron chi connectivity index (χ1n) is 23.8. The molecule has 0 saturated heterocycles. The number of rotatable bonds is 19. The summed E-state index contributed by atoms with van der Waals surface area (Å²) >= 11 is 0. The second-order valence-electron chi connectivity index (χ2n) is 19.1. The van der Waals surface area contributed by atoms with E-state index >= 15 is 4.79 Å². The number of fused-ring (bicyclic) bond motifs is 3. The number of allylic oxidation sites excluding steroid dienone is 1. The summed E-state index contributed by atoms with van der Waals surface area (Å²) in [7, 11) is 0. The lowest BCUT2D eigenvalue weighted by Crippen LogP contribution is -2.70. The van der Waals surface area contributed by atoms with Gasteiger partial charge in [-0.2, -0.15) is 5.26 Å². The molecule has 13 nitrogen and oxygen atoms in total. The Balaban J connectivity index is 1.39. The van der Waals surface area contributed by atoms with Crippen molar-refractivity contribution < 1.29 is 39.0 Å². The highest BCUT2D eigenvalue weighted by molar-refractivity contribution is 6.03. The Morgan fingerprint density at radius 3 is 2.41 bits per heavy atom. The molecule has 0 radical (unpaired) electrons. The van der Waals surface area contributed by atoms with E-state index < -0.39 is 28.3 Å². The van der Waals surface area contributed by atoms with Gasteiger partial charge in [-0.05, 0) is 129 Å². The number of amides is 1. The van der Waals surface area contributed by atoms with Crippen LogP contribution >= 0.6 is 0 Å². The molecule has 1 aliphatic heterocycles. The van der Waals surface area contributed by atoms with E-state index in [9.17, 15) is 25.6 Å². The van der Waals surface area contributed by atoms with Gasteiger partial charge in [0.05, 0.1) is 40.9 Å². The molecule has 69 heavy (non-hydrogen) atoms. The molecule has 0 unspecified atom stereocenters. The molecule has 358 valence electrons. The van der Waals surface area contributed by atoms with Gasteiger partial charge in [0, 0.05) is 49.3 Å². The van der Waals surface area contributed by atoms with Gasteiger partial charge in [0.15, 0.2) is 0 Å². The Bertz CT molecular complexity index is 2770. The fraction of sp³-hybridized carbons (Fsp3) is 0.375. The van der Waals surface area contributed by atoms with Crippen LogP contribution in [-0.2, 0) is 16.1 Å². The van der Waals surface area contributed by atoms with Gasteiger partial charge in [-0.25, -0.2) is 0 Å². The number of nitro groups is 1. The van der Waals surface area contributed by atoms with E-state index in [-0.39, 0.29) is 62.1 Å². The number of ether oxygens (including phenoxy) is 3. The lowest BCUT2D eigenvalue weighted by atomic mass is 9.55. The summed E-state index contributed by atoms with van der Waals surface area (Å²) in [6.45, 7) is 10.2. The van der Waals surface area contributed by atoms with Crippen LogP contribution in [0.25, 0.3) is 10.8 Å². The smallest absolute Gasteiger partial charge is 0.273 e. The largest absolute Gasteiger partial charge is 0.459 e. The number of carbonyl (C=O) groups is 1. The molecule has 1 amide bonds. The molecule has 8 rings (SSSR count). The van der Waals surface area contributed by atoms with Crippen molar-refractivity contribution in [3.63, 3.8) is 0 Å². The second-order valence-corrected chi connectivity index (χ2v) is 19.1. The van der Waals surface area contributed by atoms with Crippen LogP contribution in [0.4, 0.5) is 5.69 Å². The number of hydrogen-bond donors (Lipinski definition) is 2. The number of nitriles is 1. The van der Waals surface area contributed by atoms with Crippen molar-refractivity contribution in [3.8, 4) is 23.3 Å². The molecule has 1 fully saturated rings. The Morgan fingerprint density at radius 1 is 0.957 bits per heavy atom. The van der Waals surface area contributed by atoms with Crippen molar-refractivity contribution in [2.24, 2.45) is 22.9 Å². The maximum Gasteiger partial charge on any atom is 0.273 e. The fourth-order valence-corrected chi connectivity index (χ4v) is 10.5. The van der Waals surface area contributed by atoms with Crippen molar-refractivity contribution in [3.05, 3.63) is 166 Å². The van der Waals surface area contributed by atoms with Gasteiger partial charge in [0.1, 0.15) is 28.9 Å². The van der Waals surface area contributed by atoms with Crippen LogP contribution in [0.5, 0.6) is 17.2 Å². The number of aliphatic hydroxyl groups excluding tert-OH is 2. The van der Waals surface area contributed by atoms with Crippen LogP contribution in [0, 0.1) is 39.2 Å². The molecule has 3 aliphatic rings. The van der Waals surface area contributed by atoms with Gasteiger partial charge in [-0.15, -0.1) is 6.58 Å². The average Bonchev–Trinajstić information content (AvgIpc) is 3.35. The molecular weight excluding hydrogens is 873 g/mol. The van der Waals surface area contributed by atoms with Crippen LogP contribution in [0.3, 0.4) is 0 Å². The van der Waals surface area contributed by atoms with E-state index in [4.69, 9.17) is 24.2 Å². The summed E-state index contributed by atoms with van der Waals surface area (Å²) in [6, 6.07) is 33.7. The minimum absolute atomic E-state index is 0.0145. The number of non-ortho nitro benzene ring substituents is 1. The van der Waals surface area contributed by atoms with Crippen LogP contribution in [0.2, 0.25) is 0 Å². The van der Waals surface area contributed by atoms with E-state index in [1.807, 2.05) is 74.2 Å². The van der Waals surface area contributed by atoms with E-state index in [0.29, 0.717) is 46.9 Å². The van der Waals surface area contributed by atoms with Crippen molar-refractivity contribution in [1.29, 1.82) is 5.26 Å². The maximum absolute atomic E-state index is 15.6. The van der Waals surface area contributed by atoms with E-state index in [1.165, 1.54) is 12.1 Å². The Labute approximate surface area is 403 Å². The highest BCUT2D eigenvalue weighted by Gasteiger charge is 2.65. The summed E-state index contributed by atoms with van der Waals surface area (Å²) in [5, 5.41) is 48.6. The Hall–Kier alpha value is -6.85. The first kappa shape index (κ1) is 48.6. The number of hydrogen-bond acceptors (Lipinski definition) is 11. The molecule has 13 heteroatoms. The summed E-state index contributed by atoms with van der Waals surface area (Å²) in [5.74, 6) is -1.60. The third kappa shape index (κ3) is 10.4. The minimum Gasteiger partial charge on any atom is -0.459 e. The molecule has 1 heterocycles. The molecule has 0 aromatic heterocycles. The molecule has 5 aromatic carbocycles. The van der Waals surface area contributed by atoms with Crippen molar-refractivity contribution in [1.82, 2.24) is 4.90 Å². The molecule has 0 bridgehead atoms. The molecular formula is C56H60N4O9. The second kappa shape index (κ2) is 21.2. The predicted octanol–water partition coefficient (Wildman–Crippen LogP) is 11.2. The normalized spacial score (nSPS) is 22.1. The number of carbonyl (C=O) groups excluding carboxylic acids is 1. The third-order valence-electron chi connectivity index (χ3n) is 13.5. The summed E-state index contributed by atoms with van der Waals surface area (Å²) in [6.07, 6.45) is 8.36. The zero-order valence-electron chi connectivity index (χ0n) is 39.5. The van der Waals surface area contributed by atoms with Crippen LogP contribution in [0.15, 0.2) is 139 Å². The maximum atomic E-state index is 15.6. The number of nitrogens with zero attached hydrogens (tertiary/aromatic N) is 4. The highest BCUT2D eigenvalue weighted by atomic mass is 16.7. The number of unbranched alkanes of at least 4 members (excludes halogenated alkanes) is 2. The highest BCUT2D eigenvalue weighted by Crippen LogP contribution is 2.62.